The Hall–Kier alpha value is -1.38. The van der Waals surface area contributed by atoms with Crippen molar-refractivity contribution in [2.45, 2.75) is 45.4 Å². The molecule has 0 spiro atoms. The van der Waals surface area contributed by atoms with Gasteiger partial charge < -0.3 is 5.32 Å². The van der Waals surface area contributed by atoms with Crippen molar-refractivity contribution in [3.05, 3.63) is 29.6 Å². The van der Waals surface area contributed by atoms with Gasteiger partial charge in [-0.1, -0.05) is 26.3 Å². The minimum atomic E-state index is -0.231. The largest absolute Gasteiger partial charge is 0.326 e. The smallest absolute Gasteiger partial charge is 0.227 e. The maximum absolute atomic E-state index is 13.9. The van der Waals surface area contributed by atoms with Gasteiger partial charge in [0.1, 0.15) is 5.82 Å². The van der Waals surface area contributed by atoms with Crippen LogP contribution in [0, 0.1) is 23.6 Å². The number of fused-ring (bicyclic) bond motifs is 2. The van der Waals surface area contributed by atoms with E-state index >= 15 is 0 Å². The van der Waals surface area contributed by atoms with Crippen molar-refractivity contribution < 1.29 is 9.18 Å². The highest BCUT2D eigenvalue weighted by Crippen LogP contribution is 2.48. The first-order valence-corrected chi connectivity index (χ1v) is 7.65. The van der Waals surface area contributed by atoms with Gasteiger partial charge in [-0.2, -0.15) is 0 Å². The molecular weight excluding hydrogens is 253 g/mol. The Morgan fingerprint density at radius 2 is 2.10 bits per heavy atom. The zero-order chi connectivity index (χ0) is 14.3. The van der Waals surface area contributed by atoms with E-state index in [4.69, 9.17) is 0 Å². The summed E-state index contributed by atoms with van der Waals surface area (Å²) in [5.41, 5.74) is 1.28. The SMILES string of the molecule is CC(C)c1ccc(NC(=O)C2CC3CCC2C3)cc1F. The van der Waals surface area contributed by atoms with Crippen LogP contribution in [0.4, 0.5) is 10.1 Å². The normalized spacial score (nSPS) is 28.1. The predicted octanol–water partition coefficient (Wildman–Crippen LogP) is 4.32. The summed E-state index contributed by atoms with van der Waals surface area (Å²) in [6.45, 7) is 3.93. The van der Waals surface area contributed by atoms with E-state index in [1.807, 2.05) is 19.9 Å². The van der Waals surface area contributed by atoms with Crippen LogP contribution in [0.5, 0.6) is 0 Å². The molecule has 3 unspecified atom stereocenters. The fourth-order valence-corrected chi connectivity index (χ4v) is 3.87. The van der Waals surface area contributed by atoms with Crippen LogP contribution in [-0.4, -0.2) is 5.91 Å². The monoisotopic (exact) mass is 275 g/mol. The minimum absolute atomic E-state index is 0.0777. The molecule has 0 saturated heterocycles. The molecule has 1 N–H and O–H groups in total. The molecule has 2 aliphatic carbocycles. The first-order chi connectivity index (χ1) is 9.54. The number of amides is 1. The number of nitrogens with one attached hydrogen (secondary N) is 1. The molecule has 0 radical (unpaired) electrons. The number of hydrogen-bond donors (Lipinski definition) is 1. The summed E-state index contributed by atoms with van der Waals surface area (Å²) in [6, 6.07) is 5.03. The van der Waals surface area contributed by atoms with Crippen molar-refractivity contribution >= 4 is 11.6 Å². The first-order valence-electron chi connectivity index (χ1n) is 7.65. The van der Waals surface area contributed by atoms with Crippen molar-refractivity contribution in [3.8, 4) is 0 Å². The fraction of sp³-hybridized carbons (Fsp3) is 0.588. The number of benzene rings is 1. The Kier molecular flexibility index (Phi) is 3.53. The van der Waals surface area contributed by atoms with E-state index in [0.29, 0.717) is 17.2 Å². The van der Waals surface area contributed by atoms with Gasteiger partial charge in [-0.3, -0.25) is 4.79 Å². The highest BCUT2D eigenvalue weighted by Gasteiger charge is 2.43. The number of rotatable bonds is 3. The minimum Gasteiger partial charge on any atom is -0.326 e. The molecule has 2 bridgehead atoms. The zero-order valence-electron chi connectivity index (χ0n) is 12.2. The molecule has 2 fully saturated rings. The van der Waals surface area contributed by atoms with Gasteiger partial charge in [0.15, 0.2) is 0 Å². The van der Waals surface area contributed by atoms with Gasteiger partial charge in [0.2, 0.25) is 5.91 Å². The first kappa shape index (κ1) is 13.6. The summed E-state index contributed by atoms with van der Waals surface area (Å²) in [5.74, 6) is 1.45. The summed E-state index contributed by atoms with van der Waals surface area (Å²) < 4.78 is 13.9. The lowest BCUT2D eigenvalue weighted by molar-refractivity contribution is -0.121. The Bertz CT molecular complexity index is 526. The third-order valence-electron chi connectivity index (χ3n) is 4.96. The van der Waals surface area contributed by atoms with Crippen LogP contribution in [0.15, 0.2) is 18.2 Å². The quantitative estimate of drug-likeness (QED) is 0.874. The van der Waals surface area contributed by atoms with Crippen LogP contribution in [0.2, 0.25) is 0 Å². The lowest BCUT2D eigenvalue weighted by Crippen LogP contribution is -2.27. The van der Waals surface area contributed by atoms with Gasteiger partial charge >= 0.3 is 0 Å². The molecule has 3 rings (SSSR count). The number of hydrogen-bond acceptors (Lipinski definition) is 1. The van der Waals surface area contributed by atoms with Crippen molar-refractivity contribution in [1.29, 1.82) is 0 Å². The lowest BCUT2D eigenvalue weighted by atomic mass is 9.88. The van der Waals surface area contributed by atoms with E-state index in [-0.39, 0.29) is 23.6 Å². The van der Waals surface area contributed by atoms with Crippen molar-refractivity contribution in [2.75, 3.05) is 5.32 Å². The summed E-state index contributed by atoms with van der Waals surface area (Å²) >= 11 is 0. The Balaban J connectivity index is 1.69. The number of halogens is 1. The lowest BCUT2D eigenvalue weighted by Gasteiger charge is -2.21. The van der Waals surface area contributed by atoms with Crippen LogP contribution < -0.4 is 5.32 Å². The molecule has 3 atom stereocenters. The molecule has 1 amide bonds. The van der Waals surface area contributed by atoms with E-state index < -0.39 is 0 Å². The third kappa shape index (κ3) is 2.46. The zero-order valence-corrected chi connectivity index (χ0v) is 12.2. The van der Waals surface area contributed by atoms with Gasteiger partial charge in [-0.15, -0.1) is 0 Å². The molecule has 2 nitrogen and oxygen atoms in total. The second-order valence-corrected chi connectivity index (χ2v) is 6.66. The fourth-order valence-electron chi connectivity index (χ4n) is 3.87. The molecule has 2 saturated carbocycles. The predicted molar refractivity (Wildman–Crippen MR) is 78.1 cm³/mol. The van der Waals surface area contributed by atoms with Gasteiger partial charge in [-0.25, -0.2) is 4.39 Å². The van der Waals surface area contributed by atoms with Crippen LogP contribution >= 0.6 is 0 Å². The molecule has 2 aliphatic rings. The van der Waals surface area contributed by atoms with Crippen LogP contribution in [0.25, 0.3) is 0 Å². The third-order valence-corrected chi connectivity index (χ3v) is 4.96. The number of carbonyl (C=O) groups is 1. The van der Waals surface area contributed by atoms with Gasteiger partial charge in [0.25, 0.3) is 0 Å². The molecular formula is C17H22FNO. The highest BCUT2D eigenvalue weighted by atomic mass is 19.1. The van der Waals surface area contributed by atoms with Crippen molar-refractivity contribution in [1.82, 2.24) is 0 Å². The molecule has 0 heterocycles. The summed E-state index contributed by atoms with van der Waals surface area (Å²) in [4.78, 5) is 12.3. The van der Waals surface area contributed by atoms with E-state index in [2.05, 4.69) is 5.32 Å². The molecule has 1 aromatic rings. The van der Waals surface area contributed by atoms with Gasteiger partial charge in [-0.05, 0) is 54.7 Å². The Morgan fingerprint density at radius 3 is 2.65 bits per heavy atom. The average molecular weight is 275 g/mol. The second-order valence-electron chi connectivity index (χ2n) is 6.66. The van der Waals surface area contributed by atoms with Crippen LogP contribution in [0.1, 0.15) is 51.0 Å². The molecule has 108 valence electrons. The van der Waals surface area contributed by atoms with Crippen molar-refractivity contribution in [2.24, 2.45) is 17.8 Å². The summed E-state index contributed by atoms with van der Waals surface area (Å²) in [6.07, 6.45) is 4.69. The summed E-state index contributed by atoms with van der Waals surface area (Å²) in [7, 11) is 0. The van der Waals surface area contributed by atoms with E-state index in [1.54, 1.807) is 6.07 Å². The molecule has 1 aromatic carbocycles. The topological polar surface area (TPSA) is 29.1 Å². The Labute approximate surface area is 119 Å². The van der Waals surface area contributed by atoms with Crippen LogP contribution in [0.3, 0.4) is 0 Å². The number of carbonyl (C=O) groups excluding carboxylic acids is 1. The summed E-state index contributed by atoms with van der Waals surface area (Å²) in [5, 5.41) is 2.90. The molecule has 0 aromatic heterocycles. The van der Waals surface area contributed by atoms with Crippen LogP contribution in [-0.2, 0) is 4.79 Å². The second kappa shape index (κ2) is 5.19. The maximum Gasteiger partial charge on any atom is 0.227 e. The molecule has 3 heteroatoms. The molecule has 20 heavy (non-hydrogen) atoms. The van der Waals surface area contributed by atoms with E-state index in [9.17, 15) is 9.18 Å². The molecule has 0 aliphatic heterocycles. The van der Waals surface area contributed by atoms with Gasteiger partial charge in [0.05, 0.1) is 0 Å². The Morgan fingerprint density at radius 1 is 1.30 bits per heavy atom. The number of anilines is 1. The van der Waals surface area contributed by atoms with E-state index in [0.717, 1.165) is 12.3 Å². The standard InChI is InChI=1S/C17H22FNO/c1-10(2)14-6-5-13(9-16(14)18)19-17(20)15-8-11-3-4-12(15)7-11/h5-6,9-12,15H,3-4,7-8H2,1-2H3,(H,19,20). The average Bonchev–Trinajstić information content (AvgIpc) is 3.00. The van der Waals surface area contributed by atoms with Crippen molar-refractivity contribution in [3.63, 3.8) is 0 Å². The highest BCUT2D eigenvalue weighted by molar-refractivity contribution is 5.93. The van der Waals surface area contributed by atoms with Gasteiger partial charge in [0, 0.05) is 11.6 Å². The maximum atomic E-state index is 13.9. The van der Waals surface area contributed by atoms with E-state index in [1.165, 1.54) is 25.3 Å².